The molecule has 170 valence electrons. The van der Waals surface area contributed by atoms with Crippen molar-refractivity contribution in [1.29, 1.82) is 0 Å². The van der Waals surface area contributed by atoms with Crippen LogP contribution in [-0.2, 0) is 14.3 Å². The number of carbonyl (C=O) groups is 2. The lowest BCUT2D eigenvalue weighted by molar-refractivity contribution is -0.136. The summed E-state index contributed by atoms with van der Waals surface area (Å²) in [4.78, 5) is 24.1. The maximum absolute atomic E-state index is 12.5. The van der Waals surface area contributed by atoms with E-state index in [9.17, 15) is 9.59 Å². The summed E-state index contributed by atoms with van der Waals surface area (Å²) in [6.07, 6.45) is 3.26. The number of amides is 1. The normalized spacial score (nSPS) is 11.4. The molecule has 0 spiro atoms. The van der Waals surface area contributed by atoms with E-state index in [0.717, 1.165) is 0 Å². The zero-order valence-electron chi connectivity index (χ0n) is 17.9. The van der Waals surface area contributed by atoms with E-state index >= 15 is 0 Å². The molecular formula is C24H27NO7. The van der Waals surface area contributed by atoms with Crippen molar-refractivity contribution in [2.45, 2.75) is 12.5 Å². The van der Waals surface area contributed by atoms with Gasteiger partial charge in [0.15, 0.2) is 0 Å². The number of nitrogens with one attached hydrogen (secondary N) is 1. The van der Waals surface area contributed by atoms with Crippen LogP contribution in [0.1, 0.15) is 18.1 Å². The van der Waals surface area contributed by atoms with Gasteiger partial charge in [-0.1, -0.05) is 30.9 Å². The number of carbonyl (C=O) groups excluding carboxylic acids is 2. The van der Waals surface area contributed by atoms with Crippen LogP contribution in [0.5, 0.6) is 11.5 Å². The molecule has 1 atom stereocenters. The second-order valence-corrected chi connectivity index (χ2v) is 6.45. The minimum Gasteiger partial charge on any atom is -0.497 e. The largest absolute Gasteiger partial charge is 0.497 e. The monoisotopic (exact) mass is 441 g/mol. The van der Waals surface area contributed by atoms with Gasteiger partial charge in [0.25, 0.3) is 0 Å². The smallest absolute Gasteiger partial charge is 0.412 e. The van der Waals surface area contributed by atoms with Gasteiger partial charge in [-0.2, -0.15) is 0 Å². The molecule has 0 fully saturated rings. The Morgan fingerprint density at radius 1 is 1.09 bits per heavy atom. The van der Waals surface area contributed by atoms with E-state index in [2.05, 4.69) is 11.9 Å². The molecule has 0 saturated heterocycles. The molecular weight excluding hydrogens is 414 g/mol. The highest BCUT2D eigenvalue weighted by molar-refractivity contribution is 5.85. The van der Waals surface area contributed by atoms with Gasteiger partial charge in [0.1, 0.15) is 30.8 Å². The number of hydrogen-bond donors (Lipinski definition) is 2. The molecule has 0 aliphatic rings. The summed E-state index contributed by atoms with van der Waals surface area (Å²) in [5.74, 6) is 0.727. The molecule has 2 N–H and O–H groups in total. The van der Waals surface area contributed by atoms with Crippen LogP contribution in [0.2, 0.25) is 0 Å². The highest BCUT2D eigenvalue weighted by Gasteiger charge is 2.16. The highest BCUT2D eigenvalue weighted by Crippen LogP contribution is 2.25. The average molecular weight is 441 g/mol. The third kappa shape index (κ3) is 8.53. The minimum absolute atomic E-state index is 0.0915. The molecule has 0 unspecified atom stereocenters. The SMILES string of the molecule is C=CCOC(=O)/C=C/C[C@H](OC(=O)Nc1ccc(OC)cc1)c1ccc(OCCO)cc1. The van der Waals surface area contributed by atoms with Crippen molar-refractivity contribution in [3.05, 3.63) is 78.9 Å². The van der Waals surface area contributed by atoms with Crippen LogP contribution >= 0.6 is 0 Å². The molecule has 0 saturated carbocycles. The third-order valence-electron chi connectivity index (χ3n) is 4.15. The molecule has 0 radical (unpaired) electrons. The molecule has 2 rings (SSSR count). The number of aliphatic hydroxyl groups excluding tert-OH is 1. The lowest BCUT2D eigenvalue weighted by atomic mass is 10.1. The molecule has 0 heterocycles. The lowest BCUT2D eigenvalue weighted by Gasteiger charge is -2.18. The maximum Gasteiger partial charge on any atom is 0.412 e. The molecule has 0 bridgehead atoms. The summed E-state index contributed by atoms with van der Waals surface area (Å²) < 4.78 is 21.0. The summed E-state index contributed by atoms with van der Waals surface area (Å²) in [5, 5.41) is 11.5. The van der Waals surface area contributed by atoms with Gasteiger partial charge in [-0.3, -0.25) is 5.32 Å². The summed E-state index contributed by atoms with van der Waals surface area (Å²) in [5.41, 5.74) is 1.25. The first kappa shape index (κ1) is 24.5. The second kappa shape index (κ2) is 13.5. The highest BCUT2D eigenvalue weighted by atomic mass is 16.6. The van der Waals surface area contributed by atoms with Crippen LogP contribution in [0.15, 0.2) is 73.3 Å². The first-order valence-corrected chi connectivity index (χ1v) is 9.95. The molecule has 0 aromatic heterocycles. The van der Waals surface area contributed by atoms with Crippen molar-refractivity contribution in [3.8, 4) is 11.5 Å². The fourth-order valence-corrected chi connectivity index (χ4v) is 2.62. The number of esters is 1. The number of benzene rings is 2. The first-order chi connectivity index (χ1) is 15.5. The Balaban J connectivity index is 2.07. The fourth-order valence-electron chi connectivity index (χ4n) is 2.62. The molecule has 8 nitrogen and oxygen atoms in total. The van der Waals surface area contributed by atoms with E-state index in [-0.39, 0.29) is 26.2 Å². The predicted octanol–water partition coefficient (Wildman–Crippen LogP) is 4.03. The van der Waals surface area contributed by atoms with Crippen molar-refractivity contribution in [1.82, 2.24) is 0 Å². The van der Waals surface area contributed by atoms with Crippen LogP contribution in [0.4, 0.5) is 10.5 Å². The van der Waals surface area contributed by atoms with E-state index < -0.39 is 18.2 Å². The van der Waals surface area contributed by atoms with Gasteiger partial charge in [0.05, 0.1) is 13.7 Å². The van der Waals surface area contributed by atoms with Gasteiger partial charge >= 0.3 is 12.1 Å². The van der Waals surface area contributed by atoms with E-state index in [4.69, 9.17) is 24.1 Å². The van der Waals surface area contributed by atoms with Crippen LogP contribution in [0, 0.1) is 0 Å². The zero-order valence-corrected chi connectivity index (χ0v) is 17.9. The Bertz CT molecular complexity index is 892. The predicted molar refractivity (Wildman–Crippen MR) is 120 cm³/mol. The Kier molecular flexibility index (Phi) is 10.3. The quantitative estimate of drug-likeness (QED) is 0.291. The molecule has 32 heavy (non-hydrogen) atoms. The fraction of sp³-hybridized carbons (Fsp3) is 0.250. The molecule has 2 aromatic rings. The van der Waals surface area contributed by atoms with E-state index in [1.54, 1.807) is 61.7 Å². The Hall–Kier alpha value is -3.78. The minimum atomic E-state index is -0.663. The van der Waals surface area contributed by atoms with Gasteiger partial charge in [0.2, 0.25) is 0 Å². The number of hydrogen-bond acceptors (Lipinski definition) is 7. The summed E-state index contributed by atoms with van der Waals surface area (Å²) >= 11 is 0. The number of rotatable bonds is 12. The van der Waals surface area contributed by atoms with Crippen molar-refractivity contribution in [2.75, 3.05) is 32.2 Å². The average Bonchev–Trinajstić information content (AvgIpc) is 2.81. The van der Waals surface area contributed by atoms with Gasteiger partial charge in [-0.15, -0.1) is 0 Å². The molecule has 0 aliphatic carbocycles. The Labute approximate surface area is 187 Å². The second-order valence-electron chi connectivity index (χ2n) is 6.45. The first-order valence-electron chi connectivity index (χ1n) is 9.95. The van der Waals surface area contributed by atoms with Crippen LogP contribution in [-0.4, -0.2) is 44.1 Å². The number of methoxy groups -OCH3 is 1. The van der Waals surface area contributed by atoms with E-state index in [1.165, 1.54) is 12.2 Å². The molecule has 0 aliphatic heterocycles. The maximum atomic E-state index is 12.5. The topological polar surface area (TPSA) is 103 Å². The lowest BCUT2D eigenvalue weighted by Crippen LogP contribution is -2.17. The van der Waals surface area contributed by atoms with Crippen molar-refractivity contribution in [3.63, 3.8) is 0 Å². The Morgan fingerprint density at radius 3 is 2.41 bits per heavy atom. The number of anilines is 1. The third-order valence-corrected chi connectivity index (χ3v) is 4.15. The standard InChI is InChI=1S/C24H27NO7/c1-3-16-31-23(27)6-4-5-22(18-7-11-21(12-8-18)30-17-15-26)32-24(28)25-19-9-13-20(29-2)14-10-19/h3-4,6-14,22,26H,1,5,15-17H2,2H3,(H,25,28)/b6-4+/t22-/m0/s1. The summed E-state index contributed by atoms with van der Waals surface area (Å²) in [6, 6.07) is 13.8. The summed E-state index contributed by atoms with van der Waals surface area (Å²) in [7, 11) is 1.56. The Morgan fingerprint density at radius 2 is 1.78 bits per heavy atom. The summed E-state index contributed by atoms with van der Waals surface area (Å²) in [6.45, 7) is 3.69. The van der Waals surface area contributed by atoms with Crippen LogP contribution in [0.25, 0.3) is 0 Å². The van der Waals surface area contributed by atoms with Gasteiger partial charge in [-0.25, -0.2) is 9.59 Å². The van der Waals surface area contributed by atoms with E-state index in [0.29, 0.717) is 22.7 Å². The molecule has 8 heteroatoms. The van der Waals surface area contributed by atoms with Gasteiger partial charge in [0, 0.05) is 18.2 Å². The van der Waals surface area contributed by atoms with E-state index in [1.807, 2.05) is 0 Å². The zero-order chi connectivity index (χ0) is 23.2. The van der Waals surface area contributed by atoms with Crippen molar-refractivity contribution >= 4 is 17.7 Å². The van der Waals surface area contributed by atoms with Gasteiger partial charge < -0.3 is 24.1 Å². The van der Waals surface area contributed by atoms with Gasteiger partial charge in [-0.05, 0) is 42.0 Å². The van der Waals surface area contributed by atoms with Crippen LogP contribution in [0.3, 0.4) is 0 Å². The number of aliphatic hydroxyl groups is 1. The number of ether oxygens (including phenoxy) is 4. The molecule has 2 aromatic carbocycles. The van der Waals surface area contributed by atoms with Crippen LogP contribution < -0.4 is 14.8 Å². The molecule has 1 amide bonds. The van der Waals surface area contributed by atoms with Crippen molar-refractivity contribution in [2.24, 2.45) is 0 Å². The van der Waals surface area contributed by atoms with Crippen molar-refractivity contribution < 1.29 is 33.6 Å².